The molecule has 0 N–H and O–H groups in total. The highest BCUT2D eigenvalue weighted by Gasteiger charge is 2.46. The lowest BCUT2D eigenvalue weighted by Crippen LogP contribution is -2.33. The zero-order valence-electron chi connectivity index (χ0n) is 14.2. The van der Waals surface area contributed by atoms with Crippen LogP contribution in [-0.4, -0.2) is 23.9 Å². The van der Waals surface area contributed by atoms with Crippen molar-refractivity contribution < 1.29 is 19.1 Å². The monoisotopic (exact) mass is 369 g/mol. The molecule has 1 fully saturated rings. The molecular formula is C20H16ClNO4. The number of carbonyl (C=O) groups is 3. The van der Waals surface area contributed by atoms with E-state index in [2.05, 4.69) is 0 Å². The summed E-state index contributed by atoms with van der Waals surface area (Å²) in [6.07, 6.45) is 0.273. The molecule has 5 nitrogen and oxygen atoms in total. The van der Waals surface area contributed by atoms with Crippen molar-refractivity contribution in [2.45, 2.75) is 20.0 Å². The molecule has 3 rings (SSSR count). The van der Waals surface area contributed by atoms with Gasteiger partial charge in [-0.2, -0.15) is 0 Å². The van der Waals surface area contributed by atoms with Crippen molar-refractivity contribution in [3.05, 3.63) is 70.3 Å². The topological polar surface area (TPSA) is 63.7 Å². The molecule has 1 saturated heterocycles. The first-order valence-corrected chi connectivity index (χ1v) is 8.34. The molecule has 1 heterocycles. The average molecular weight is 370 g/mol. The molecule has 26 heavy (non-hydrogen) atoms. The second-order valence-electron chi connectivity index (χ2n) is 5.96. The van der Waals surface area contributed by atoms with E-state index in [9.17, 15) is 14.4 Å². The number of rotatable bonds is 3. The summed E-state index contributed by atoms with van der Waals surface area (Å²) >= 11 is 5.87. The summed E-state index contributed by atoms with van der Waals surface area (Å²) in [5.74, 6) is -1.74. The fourth-order valence-corrected chi connectivity index (χ4v) is 2.81. The first-order valence-electron chi connectivity index (χ1n) is 7.96. The van der Waals surface area contributed by atoms with Gasteiger partial charge in [-0.1, -0.05) is 41.4 Å². The van der Waals surface area contributed by atoms with Crippen LogP contribution >= 0.6 is 11.6 Å². The molecule has 0 bridgehead atoms. The Balaban J connectivity index is 2.04. The van der Waals surface area contributed by atoms with E-state index >= 15 is 0 Å². The summed E-state index contributed by atoms with van der Waals surface area (Å²) in [6, 6.07) is 13.7. The molecule has 0 aliphatic carbocycles. The Bertz CT molecular complexity index is 900. The Morgan fingerprint density at radius 1 is 1.08 bits per heavy atom. The number of halogens is 1. The minimum absolute atomic E-state index is 0.105. The smallest absolute Gasteiger partial charge is 0.303 e. The predicted molar refractivity (Wildman–Crippen MR) is 98.7 cm³/mol. The van der Waals surface area contributed by atoms with Crippen molar-refractivity contribution in [2.24, 2.45) is 0 Å². The maximum absolute atomic E-state index is 12.9. The van der Waals surface area contributed by atoms with E-state index in [-0.39, 0.29) is 5.57 Å². The van der Waals surface area contributed by atoms with Crippen molar-refractivity contribution in [1.29, 1.82) is 0 Å². The minimum atomic E-state index is -1.27. The zero-order valence-corrected chi connectivity index (χ0v) is 15.0. The van der Waals surface area contributed by atoms with Crippen molar-refractivity contribution >= 4 is 41.1 Å². The fourth-order valence-electron chi connectivity index (χ4n) is 2.69. The maximum atomic E-state index is 12.9. The number of anilines is 1. The molecule has 0 saturated carbocycles. The molecule has 0 aromatic heterocycles. The second kappa shape index (κ2) is 7.14. The number of benzene rings is 2. The Morgan fingerprint density at radius 3 is 2.27 bits per heavy atom. The van der Waals surface area contributed by atoms with Gasteiger partial charge in [-0.25, -0.2) is 4.90 Å². The second-order valence-corrected chi connectivity index (χ2v) is 6.39. The molecule has 6 heteroatoms. The summed E-state index contributed by atoms with van der Waals surface area (Å²) in [7, 11) is 0. The maximum Gasteiger partial charge on any atom is 0.303 e. The van der Waals surface area contributed by atoms with E-state index in [0.29, 0.717) is 16.3 Å². The van der Waals surface area contributed by atoms with Crippen molar-refractivity contribution in [3.8, 4) is 0 Å². The largest absolute Gasteiger partial charge is 0.447 e. The van der Waals surface area contributed by atoms with Gasteiger partial charge < -0.3 is 4.74 Å². The zero-order chi connectivity index (χ0) is 18.8. The number of hydrogen-bond donors (Lipinski definition) is 0. The molecule has 1 aliphatic heterocycles. The van der Waals surface area contributed by atoms with Gasteiger partial charge in [0.2, 0.25) is 6.10 Å². The lowest BCUT2D eigenvalue weighted by molar-refractivity contribution is -0.149. The number of nitrogens with zero attached hydrogens (tertiary/aromatic N) is 1. The van der Waals surface area contributed by atoms with Gasteiger partial charge in [0.25, 0.3) is 11.8 Å². The SMILES string of the molecule is CC(=O)OC1C(=O)N(c2ccc(C)cc2)C(=O)/C1=C/c1ccc(Cl)cc1. The van der Waals surface area contributed by atoms with Gasteiger partial charge >= 0.3 is 5.97 Å². The van der Waals surface area contributed by atoms with Crippen LogP contribution in [0.3, 0.4) is 0 Å². The van der Waals surface area contributed by atoms with Crippen LogP contribution in [-0.2, 0) is 19.1 Å². The predicted octanol–water partition coefficient (Wildman–Crippen LogP) is 3.54. The number of esters is 1. The Kier molecular flexibility index (Phi) is 4.91. The molecule has 132 valence electrons. The van der Waals surface area contributed by atoms with E-state index in [1.54, 1.807) is 54.6 Å². The van der Waals surface area contributed by atoms with Crippen LogP contribution in [0.25, 0.3) is 6.08 Å². The van der Waals surface area contributed by atoms with Gasteiger partial charge in [-0.15, -0.1) is 0 Å². The number of carbonyl (C=O) groups excluding carboxylic acids is 3. The van der Waals surface area contributed by atoms with E-state index < -0.39 is 23.9 Å². The lowest BCUT2D eigenvalue weighted by atomic mass is 10.1. The minimum Gasteiger partial charge on any atom is -0.447 e. The molecule has 0 radical (unpaired) electrons. The molecule has 2 aromatic rings. The number of amides is 2. The third kappa shape index (κ3) is 3.53. The van der Waals surface area contributed by atoms with Crippen molar-refractivity contribution in [2.75, 3.05) is 4.90 Å². The normalized spacial score (nSPS) is 18.5. The van der Waals surface area contributed by atoms with Crippen LogP contribution in [0.5, 0.6) is 0 Å². The summed E-state index contributed by atoms with van der Waals surface area (Å²) in [4.78, 5) is 38.1. The van der Waals surface area contributed by atoms with Gasteiger partial charge in [-0.3, -0.25) is 14.4 Å². The van der Waals surface area contributed by atoms with Crippen LogP contribution in [0.1, 0.15) is 18.1 Å². The summed E-state index contributed by atoms with van der Waals surface area (Å²) in [6.45, 7) is 3.11. The van der Waals surface area contributed by atoms with Crippen LogP contribution in [0.2, 0.25) is 5.02 Å². The number of hydrogen-bond acceptors (Lipinski definition) is 4. The van der Waals surface area contributed by atoms with Crippen molar-refractivity contribution in [1.82, 2.24) is 0 Å². The van der Waals surface area contributed by atoms with Gasteiger partial charge in [0.05, 0.1) is 11.3 Å². The highest BCUT2D eigenvalue weighted by molar-refractivity contribution is 6.32. The van der Waals surface area contributed by atoms with Crippen LogP contribution < -0.4 is 4.90 Å². The number of ether oxygens (including phenoxy) is 1. The first kappa shape index (κ1) is 17.9. The Labute approximate surface area is 155 Å². The van der Waals surface area contributed by atoms with Crippen LogP contribution in [0, 0.1) is 6.92 Å². The van der Waals surface area contributed by atoms with Gasteiger partial charge in [0.15, 0.2) is 0 Å². The third-order valence-electron chi connectivity index (χ3n) is 3.95. The van der Waals surface area contributed by atoms with Gasteiger partial charge in [-0.05, 0) is 42.8 Å². The average Bonchev–Trinajstić information content (AvgIpc) is 2.81. The molecule has 1 aliphatic rings. The lowest BCUT2D eigenvalue weighted by Gasteiger charge is -2.14. The molecular weight excluding hydrogens is 354 g/mol. The standard InChI is InChI=1S/C20H16ClNO4/c1-12-3-9-16(10-4-12)22-19(24)17(18(20(22)25)26-13(2)23)11-14-5-7-15(21)8-6-14/h3-11,18H,1-2H3/b17-11+. The molecule has 1 atom stereocenters. The van der Waals surface area contributed by atoms with Crippen molar-refractivity contribution in [3.63, 3.8) is 0 Å². The molecule has 2 amide bonds. The van der Waals surface area contributed by atoms with E-state index in [0.717, 1.165) is 10.5 Å². The fraction of sp³-hybridized carbons (Fsp3) is 0.150. The highest BCUT2D eigenvalue weighted by atomic mass is 35.5. The van der Waals surface area contributed by atoms with E-state index in [1.165, 1.54) is 6.92 Å². The molecule has 1 unspecified atom stereocenters. The van der Waals surface area contributed by atoms with Crippen LogP contribution in [0.15, 0.2) is 54.1 Å². The van der Waals surface area contributed by atoms with E-state index in [4.69, 9.17) is 16.3 Å². The summed E-state index contributed by atoms with van der Waals surface area (Å²) in [5.41, 5.74) is 2.21. The Hall–Kier alpha value is -2.92. The van der Waals surface area contributed by atoms with Gasteiger partial charge in [0, 0.05) is 11.9 Å². The number of aryl methyl sites for hydroxylation is 1. The number of imide groups is 1. The summed E-state index contributed by atoms with van der Waals surface area (Å²) in [5, 5.41) is 0.554. The van der Waals surface area contributed by atoms with Gasteiger partial charge in [0.1, 0.15) is 0 Å². The van der Waals surface area contributed by atoms with E-state index in [1.807, 2.05) is 6.92 Å². The summed E-state index contributed by atoms with van der Waals surface area (Å²) < 4.78 is 5.13. The van der Waals surface area contributed by atoms with Crippen LogP contribution in [0.4, 0.5) is 5.69 Å². The molecule has 2 aromatic carbocycles. The highest BCUT2D eigenvalue weighted by Crippen LogP contribution is 2.30. The third-order valence-corrected chi connectivity index (χ3v) is 4.20. The Morgan fingerprint density at radius 2 is 1.69 bits per heavy atom. The molecule has 0 spiro atoms. The quantitative estimate of drug-likeness (QED) is 0.471. The first-order chi connectivity index (χ1) is 12.4.